The third kappa shape index (κ3) is 4.99. The van der Waals surface area contributed by atoms with Crippen molar-refractivity contribution in [1.82, 2.24) is 0 Å². The Bertz CT molecular complexity index is 1580. The van der Waals surface area contributed by atoms with Gasteiger partial charge in [-0.3, -0.25) is 19.2 Å². The van der Waals surface area contributed by atoms with Crippen LogP contribution in [0.4, 0.5) is 15.8 Å². The van der Waals surface area contributed by atoms with Crippen LogP contribution in [0.25, 0.3) is 0 Å². The summed E-state index contributed by atoms with van der Waals surface area (Å²) in [7, 11) is 0. The molecule has 38 heavy (non-hydrogen) atoms. The number of rotatable bonds is 6. The van der Waals surface area contributed by atoms with Crippen molar-refractivity contribution in [3.8, 4) is 0 Å². The van der Waals surface area contributed by atoms with E-state index in [1.807, 2.05) is 0 Å². The van der Waals surface area contributed by atoms with Crippen LogP contribution in [0.3, 0.4) is 0 Å². The molecule has 2 amide bonds. The first-order valence-corrected chi connectivity index (χ1v) is 12.7. The molecule has 0 radical (unpaired) electrons. The minimum Gasteiger partial charge on any atom is -0.324 e. The zero-order valence-electron chi connectivity index (χ0n) is 20.2. The molecular formula is C30H21FN2O4S. The summed E-state index contributed by atoms with van der Waals surface area (Å²) in [5.41, 5.74) is 2.33. The van der Waals surface area contributed by atoms with Crippen LogP contribution in [-0.4, -0.2) is 28.6 Å². The minimum atomic E-state index is -0.521. The highest BCUT2D eigenvalue weighted by Gasteiger charge is 2.32. The van der Waals surface area contributed by atoms with E-state index in [0.29, 0.717) is 28.1 Å². The van der Waals surface area contributed by atoms with Gasteiger partial charge in [-0.2, -0.15) is 0 Å². The molecule has 1 atom stereocenters. The molecule has 0 bridgehead atoms. The summed E-state index contributed by atoms with van der Waals surface area (Å²) >= 11 is 1.31. The number of carbonyl (C=O) groups excluding carboxylic acids is 4. The number of hydrogen-bond acceptors (Lipinski definition) is 5. The first kappa shape index (κ1) is 25.1. The van der Waals surface area contributed by atoms with E-state index >= 15 is 0 Å². The lowest BCUT2D eigenvalue weighted by Gasteiger charge is -2.21. The van der Waals surface area contributed by atoms with E-state index in [0.717, 1.165) is 4.90 Å². The monoisotopic (exact) mass is 524 g/mol. The van der Waals surface area contributed by atoms with Gasteiger partial charge in [-0.25, -0.2) is 4.39 Å². The first-order chi connectivity index (χ1) is 18.3. The molecular weight excluding hydrogens is 503 g/mol. The molecule has 6 nitrogen and oxygen atoms in total. The van der Waals surface area contributed by atoms with Gasteiger partial charge in [-0.15, -0.1) is 11.8 Å². The van der Waals surface area contributed by atoms with Crippen molar-refractivity contribution in [3.05, 3.63) is 125 Å². The molecule has 0 saturated heterocycles. The molecule has 0 aliphatic heterocycles. The van der Waals surface area contributed by atoms with Gasteiger partial charge in [-0.1, -0.05) is 36.4 Å². The predicted octanol–water partition coefficient (Wildman–Crippen LogP) is 5.97. The van der Waals surface area contributed by atoms with Crippen molar-refractivity contribution in [2.24, 2.45) is 0 Å². The van der Waals surface area contributed by atoms with Crippen molar-refractivity contribution in [1.29, 1.82) is 0 Å². The van der Waals surface area contributed by atoms with Gasteiger partial charge in [0.25, 0.3) is 5.91 Å². The molecule has 1 aliphatic carbocycles. The smallest absolute Gasteiger partial charge is 0.255 e. The molecule has 188 valence electrons. The van der Waals surface area contributed by atoms with Crippen LogP contribution in [0.2, 0.25) is 0 Å². The average molecular weight is 525 g/mol. The third-order valence-corrected chi connectivity index (χ3v) is 7.22. The zero-order valence-corrected chi connectivity index (χ0v) is 21.0. The topological polar surface area (TPSA) is 92.3 Å². The second-order valence-electron chi connectivity index (χ2n) is 8.67. The van der Waals surface area contributed by atoms with Gasteiger partial charge >= 0.3 is 0 Å². The third-order valence-electron chi connectivity index (χ3n) is 6.11. The molecule has 0 aromatic heterocycles. The maximum Gasteiger partial charge on any atom is 0.255 e. The molecule has 4 aromatic rings. The van der Waals surface area contributed by atoms with Crippen molar-refractivity contribution >= 4 is 46.5 Å². The van der Waals surface area contributed by atoms with Crippen molar-refractivity contribution in [2.45, 2.75) is 17.1 Å². The number of amides is 2. The number of nitrogens with one attached hydrogen (secondary N) is 2. The highest BCUT2D eigenvalue weighted by Crippen LogP contribution is 2.33. The fourth-order valence-electron chi connectivity index (χ4n) is 4.16. The van der Waals surface area contributed by atoms with E-state index in [1.54, 1.807) is 73.7 Å². The quantitative estimate of drug-likeness (QED) is 0.267. The van der Waals surface area contributed by atoms with E-state index < -0.39 is 11.1 Å². The number of anilines is 2. The second-order valence-corrected chi connectivity index (χ2v) is 10.1. The fraction of sp³-hybridized carbons (Fsp3) is 0.0667. The van der Waals surface area contributed by atoms with Gasteiger partial charge in [0.1, 0.15) is 5.82 Å². The lowest BCUT2D eigenvalue weighted by atomic mass is 9.83. The molecule has 1 aliphatic rings. The van der Waals surface area contributed by atoms with Crippen LogP contribution in [0, 0.1) is 5.82 Å². The Morgan fingerprint density at radius 1 is 0.737 bits per heavy atom. The molecule has 0 spiro atoms. The van der Waals surface area contributed by atoms with E-state index in [1.165, 1.54) is 36.0 Å². The number of halogens is 1. The maximum absolute atomic E-state index is 13.2. The summed E-state index contributed by atoms with van der Waals surface area (Å²) in [6.07, 6.45) is 0. The molecule has 2 N–H and O–H groups in total. The minimum absolute atomic E-state index is 0.197. The van der Waals surface area contributed by atoms with Crippen LogP contribution in [0.15, 0.2) is 95.9 Å². The normalized spacial score (nSPS) is 12.8. The van der Waals surface area contributed by atoms with Gasteiger partial charge in [0.2, 0.25) is 5.91 Å². The van der Waals surface area contributed by atoms with E-state index in [4.69, 9.17) is 0 Å². The van der Waals surface area contributed by atoms with E-state index in [2.05, 4.69) is 10.6 Å². The lowest BCUT2D eigenvalue weighted by molar-refractivity contribution is -0.115. The summed E-state index contributed by atoms with van der Waals surface area (Å²) in [4.78, 5) is 52.3. The number of carbonyl (C=O) groups is 4. The van der Waals surface area contributed by atoms with Gasteiger partial charge in [0.05, 0.1) is 16.5 Å². The molecule has 0 saturated carbocycles. The summed E-state index contributed by atoms with van der Waals surface area (Å²) in [6, 6.07) is 23.7. The summed E-state index contributed by atoms with van der Waals surface area (Å²) in [5.74, 6) is -1.65. The summed E-state index contributed by atoms with van der Waals surface area (Å²) in [6.45, 7) is 1.74. The Morgan fingerprint density at radius 3 is 2.05 bits per heavy atom. The number of thioether (sulfide) groups is 1. The van der Waals surface area contributed by atoms with Gasteiger partial charge in [0.15, 0.2) is 11.6 Å². The first-order valence-electron chi connectivity index (χ1n) is 11.8. The average Bonchev–Trinajstić information content (AvgIpc) is 2.93. The molecule has 5 rings (SSSR count). The Kier molecular flexibility index (Phi) is 6.89. The highest BCUT2D eigenvalue weighted by molar-refractivity contribution is 8.00. The predicted molar refractivity (Wildman–Crippen MR) is 144 cm³/mol. The second kappa shape index (κ2) is 10.4. The Labute approximate surface area is 222 Å². The molecule has 0 heterocycles. The lowest BCUT2D eigenvalue weighted by Crippen LogP contribution is -2.27. The van der Waals surface area contributed by atoms with Crippen LogP contribution >= 0.6 is 11.8 Å². The van der Waals surface area contributed by atoms with E-state index in [-0.39, 0.29) is 34.5 Å². The molecule has 4 aromatic carbocycles. The number of fused-ring (bicyclic) bond motifs is 2. The van der Waals surface area contributed by atoms with Crippen molar-refractivity contribution in [3.63, 3.8) is 0 Å². The van der Waals surface area contributed by atoms with Gasteiger partial charge < -0.3 is 10.6 Å². The zero-order chi connectivity index (χ0) is 26.8. The van der Waals surface area contributed by atoms with Crippen molar-refractivity contribution in [2.75, 3.05) is 10.6 Å². The van der Waals surface area contributed by atoms with Gasteiger partial charge in [-0.05, 0) is 61.5 Å². The highest BCUT2D eigenvalue weighted by atomic mass is 32.2. The maximum atomic E-state index is 13.2. The van der Waals surface area contributed by atoms with Crippen LogP contribution < -0.4 is 10.6 Å². The number of benzene rings is 4. The Hall–Kier alpha value is -4.56. The summed E-state index contributed by atoms with van der Waals surface area (Å²) < 4.78 is 13.1. The largest absolute Gasteiger partial charge is 0.324 e. The molecule has 8 heteroatoms. The van der Waals surface area contributed by atoms with Gasteiger partial charge in [0, 0.05) is 32.8 Å². The molecule has 1 unspecified atom stereocenters. The Balaban J connectivity index is 1.25. The van der Waals surface area contributed by atoms with Crippen LogP contribution in [-0.2, 0) is 4.79 Å². The fourth-order valence-corrected chi connectivity index (χ4v) is 5.03. The van der Waals surface area contributed by atoms with Crippen LogP contribution in [0.1, 0.15) is 49.1 Å². The SMILES string of the molecule is CC(Sc1ccc(NC(=O)c2ccc(F)cc2)cc1)C(=O)Nc1cccc2c1C(=O)c1ccccc1C2=O. The standard InChI is InChI=1S/C30H21FN2O4S/c1-17(38-21-15-13-20(14-16-21)32-30(37)18-9-11-19(31)12-10-18)29(36)33-25-8-4-7-24-26(25)28(35)23-6-3-2-5-22(23)27(24)34/h2-17H,1H3,(H,32,37)(H,33,36). The molecule has 0 fully saturated rings. The van der Waals surface area contributed by atoms with E-state index in [9.17, 15) is 23.6 Å². The number of hydrogen-bond donors (Lipinski definition) is 2. The summed E-state index contributed by atoms with van der Waals surface area (Å²) in [5, 5.41) is 5.04. The Morgan fingerprint density at radius 2 is 1.37 bits per heavy atom. The van der Waals surface area contributed by atoms with Crippen molar-refractivity contribution < 1.29 is 23.6 Å². The number of ketones is 2. The van der Waals surface area contributed by atoms with Crippen LogP contribution in [0.5, 0.6) is 0 Å².